The molecule has 0 radical (unpaired) electrons. The molecule has 100 valence electrons. The molecule has 0 amide bonds. The van der Waals surface area contributed by atoms with Crippen molar-refractivity contribution in [1.82, 2.24) is 4.31 Å². The van der Waals surface area contributed by atoms with Crippen LogP contribution in [-0.2, 0) is 10.0 Å². The fourth-order valence-corrected chi connectivity index (χ4v) is 4.09. The molecule has 1 aromatic rings. The van der Waals surface area contributed by atoms with Gasteiger partial charge >= 0.3 is 0 Å². The minimum atomic E-state index is -3.61. The van der Waals surface area contributed by atoms with Crippen LogP contribution < -0.4 is 11.3 Å². The van der Waals surface area contributed by atoms with E-state index in [1.165, 1.54) is 10.4 Å². The minimum absolute atomic E-state index is 0.146. The number of nitrogens with two attached hydrogens (primary N) is 1. The first-order valence-electron chi connectivity index (χ1n) is 5.79. The quantitative estimate of drug-likeness (QED) is 0.534. The highest BCUT2D eigenvalue weighted by Gasteiger charge is 2.35. The zero-order valence-electron chi connectivity index (χ0n) is 9.91. The molecule has 1 aliphatic rings. The number of nitrogen functional groups attached to an aromatic ring is 1. The average molecular weight is 271 g/mol. The lowest BCUT2D eigenvalue weighted by molar-refractivity contribution is 0.213. The van der Waals surface area contributed by atoms with Gasteiger partial charge in [0.15, 0.2) is 0 Å². The molecule has 18 heavy (non-hydrogen) atoms. The Morgan fingerprint density at radius 3 is 2.83 bits per heavy atom. The number of aliphatic hydroxyl groups is 1. The zero-order chi connectivity index (χ0) is 13.2. The van der Waals surface area contributed by atoms with Crippen LogP contribution in [0.15, 0.2) is 29.2 Å². The van der Waals surface area contributed by atoms with E-state index in [9.17, 15) is 13.5 Å². The largest absolute Gasteiger partial charge is 0.395 e. The molecule has 0 aliphatic carbocycles. The van der Waals surface area contributed by atoms with E-state index < -0.39 is 10.0 Å². The Hall–Kier alpha value is -1.15. The van der Waals surface area contributed by atoms with E-state index >= 15 is 0 Å². The van der Waals surface area contributed by atoms with Gasteiger partial charge in [0.05, 0.1) is 12.3 Å². The van der Waals surface area contributed by atoms with Crippen LogP contribution in [0.3, 0.4) is 0 Å². The van der Waals surface area contributed by atoms with Gasteiger partial charge in [-0.15, -0.1) is 0 Å². The summed E-state index contributed by atoms with van der Waals surface area (Å²) in [5, 5.41) is 9.23. The third-order valence-electron chi connectivity index (χ3n) is 3.16. The zero-order valence-corrected chi connectivity index (χ0v) is 10.7. The van der Waals surface area contributed by atoms with Crippen molar-refractivity contribution < 1.29 is 13.5 Å². The fourth-order valence-electron chi connectivity index (χ4n) is 2.25. The van der Waals surface area contributed by atoms with E-state index in [0.717, 1.165) is 6.42 Å². The highest BCUT2D eigenvalue weighted by atomic mass is 32.2. The first-order valence-corrected chi connectivity index (χ1v) is 7.23. The summed E-state index contributed by atoms with van der Waals surface area (Å²) in [6.45, 7) is 0.282. The van der Waals surface area contributed by atoms with Gasteiger partial charge in [-0.2, -0.15) is 4.31 Å². The number of sulfonamides is 1. The molecule has 1 saturated heterocycles. The maximum Gasteiger partial charge on any atom is 0.245 e. The van der Waals surface area contributed by atoms with Crippen LogP contribution in [0.2, 0.25) is 0 Å². The van der Waals surface area contributed by atoms with Gasteiger partial charge in [-0.05, 0) is 25.0 Å². The third-order valence-corrected chi connectivity index (χ3v) is 5.17. The second-order valence-electron chi connectivity index (χ2n) is 4.23. The van der Waals surface area contributed by atoms with E-state index in [1.807, 2.05) is 0 Å². The van der Waals surface area contributed by atoms with Gasteiger partial charge in [0.1, 0.15) is 4.90 Å². The monoisotopic (exact) mass is 271 g/mol. The Morgan fingerprint density at radius 2 is 2.17 bits per heavy atom. The van der Waals surface area contributed by atoms with Crippen molar-refractivity contribution in [3.05, 3.63) is 24.3 Å². The van der Waals surface area contributed by atoms with Gasteiger partial charge in [0, 0.05) is 12.6 Å². The molecular formula is C11H17N3O3S. The maximum absolute atomic E-state index is 12.5. The molecule has 1 heterocycles. The van der Waals surface area contributed by atoms with Crippen LogP contribution >= 0.6 is 0 Å². The molecule has 6 nitrogen and oxygen atoms in total. The molecule has 0 aromatic heterocycles. The molecular weight excluding hydrogens is 254 g/mol. The first-order chi connectivity index (χ1) is 8.61. The number of rotatable bonds is 4. The Balaban J connectivity index is 2.42. The van der Waals surface area contributed by atoms with Crippen LogP contribution in [0.25, 0.3) is 0 Å². The molecule has 0 bridgehead atoms. The highest BCUT2D eigenvalue weighted by molar-refractivity contribution is 7.89. The van der Waals surface area contributed by atoms with E-state index in [0.29, 0.717) is 18.7 Å². The molecule has 1 aromatic carbocycles. The van der Waals surface area contributed by atoms with Crippen LogP contribution in [0.1, 0.15) is 12.8 Å². The van der Waals surface area contributed by atoms with Crippen molar-refractivity contribution in [2.24, 2.45) is 5.84 Å². The lowest BCUT2D eigenvalue weighted by Crippen LogP contribution is -2.38. The first kappa shape index (κ1) is 13.3. The van der Waals surface area contributed by atoms with Gasteiger partial charge in [0.2, 0.25) is 10.0 Å². The number of hydrogen-bond donors (Lipinski definition) is 3. The summed E-state index contributed by atoms with van der Waals surface area (Å²) in [7, 11) is -3.61. The number of hydrazine groups is 1. The lowest BCUT2D eigenvalue weighted by atomic mass is 10.2. The second kappa shape index (κ2) is 5.23. The van der Waals surface area contributed by atoms with Crippen molar-refractivity contribution in [1.29, 1.82) is 0 Å². The van der Waals surface area contributed by atoms with E-state index in [2.05, 4.69) is 5.43 Å². The van der Waals surface area contributed by atoms with Gasteiger partial charge in [-0.25, -0.2) is 8.42 Å². The lowest BCUT2D eigenvalue weighted by Gasteiger charge is -2.23. The SMILES string of the molecule is NNc1ccccc1S(=O)(=O)N1CCCC1CO. The van der Waals surface area contributed by atoms with Gasteiger partial charge in [-0.1, -0.05) is 12.1 Å². The van der Waals surface area contributed by atoms with Crippen LogP contribution in [0, 0.1) is 0 Å². The Bertz CT molecular complexity index is 518. The maximum atomic E-state index is 12.5. The van der Waals surface area contributed by atoms with E-state index in [4.69, 9.17) is 5.84 Å². The summed E-state index contributed by atoms with van der Waals surface area (Å²) in [4.78, 5) is 0.146. The van der Waals surface area contributed by atoms with Crippen molar-refractivity contribution >= 4 is 15.7 Å². The minimum Gasteiger partial charge on any atom is -0.395 e. The van der Waals surface area contributed by atoms with Gasteiger partial charge < -0.3 is 10.5 Å². The summed E-state index contributed by atoms with van der Waals surface area (Å²) in [5.41, 5.74) is 2.75. The van der Waals surface area contributed by atoms with Gasteiger partial charge in [0.25, 0.3) is 0 Å². The van der Waals surface area contributed by atoms with Crippen LogP contribution in [-0.4, -0.2) is 37.0 Å². The molecule has 0 spiro atoms. The average Bonchev–Trinajstić information content (AvgIpc) is 2.87. The number of nitrogens with one attached hydrogen (secondary N) is 1. The molecule has 7 heteroatoms. The normalized spacial score (nSPS) is 21.1. The number of aliphatic hydroxyl groups excluding tert-OH is 1. The Kier molecular flexibility index (Phi) is 3.86. The van der Waals surface area contributed by atoms with Crippen molar-refractivity contribution in [3.63, 3.8) is 0 Å². The number of anilines is 1. The number of hydrogen-bond acceptors (Lipinski definition) is 5. The van der Waals surface area contributed by atoms with Crippen molar-refractivity contribution in [3.8, 4) is 0 Å². The molecule has 1 unspecified atom stereocenters. The number of benzene rings is 1. The summed E-state index contributed by atoms with van der Waals surface area (Å²) in [5.74, 6) is 5.33. The van der Waals surface area contributed by atoms with Crippen LogP contribution in [0.4, 0.5) is 5.69 Å². The predicted molar refractivity (Wildman–Crippen MR) is 68.3 cm³/mol. The number of nitrogens with zero attached hydrogens (tertiary/aromatic N) is 1. The molecule has 4 N–H and O–H groups in total. The van der Waals surface area contributed by atoms with Gasteiger partial charge in [-0.3, -0.25) is 5.84 Å². The summed E-state index contributed by atoms with van der Waals surface area (Å²) in [6, 6.07) is 6.15. The third kappa shape index (κ3) is 2.22. The highest BCUT2D eigenvalue weighted by Crippen LogP contribution is 2.29. The Morgan fingerprint density at radius 1 is 1.44 bits per heavy atom. The predicted octanol–water partition coefficient (Wildman–Crippen LogP) is 0.118. The second-order valence-corrected chi connectivity index (χ2v) is 6.09. The van der Waals surface area contributed by atoms with Crippen molar-refractivity contribution in [2.45, 2.75) is 23.8 Å². The summed E-state index contributed by atoms with van der Waals surface area (Å²) < 4.78 is 26.4. The summed E-state index contributed by atoms with van der Waals surface area (Å²) >= 11 is 0. The molecule has 1 atom stereocenters. The molecule has 0 saturated carbocycles. The standard InChI is InChI=1S/C11H17N3O3S/c12-13-10-5-1-2-6-11(10)18(16,17)14-7-3-4-9(14)8-15/h1-2,5-6,9,13,15H,3-4,7-8,12H2. The van der Waals surface area contributed by atoms with Crippen LogP contribution in [0.5, 0.6) is 0 Å². The van der Waals surface area contributed by atoms with E-state index in [1.54, 1.807) is 18.2 Å². The molecule has 1 fully saturated rings. The topological polar surface area (TPSA) is 95.7 Å². The fraction of sp³-hybridized carbons (Fsp3) is 0.455. The Labute approximate surface area is 106 Å². The van der Waals surface area contributed by atoms with Crippen molar-refractivity contribution in [2.75, 3.05) is 18.6 Å². The number of para-hydroxylation sites is 1. The summed E-state index contributed by atoms with van der Waals surface area (Å²) in [6.07, 6.45) is 1.45. The molecule has 1 aliphatic heterocycles. The molecule has 2 rings (SSSR count). The van der Waals surface area contributed by atoms with E-state index in [-0.39, 0.29) is 17.5 Å². The smallest absolute Gasteiger partial charge is 0.245 e.